The standard InChI is InChI=1S/C16H13NO2/c1-10-5-2-3-6-11(10)15-9-14(18)12-7-4-8-13(17)16(12)19-15/h2-9H,17H2,1H3. The first-order valence-corrected chi connectivity index (χ1v) is 6.05. The maximum atomic E-state index is 12.1. The molecule has 1 aromatic heterocycles. The van der Waals surface area contributed by atoms with E-state index in [0.29, 0.717) is 22.4 Å². The maximum Gasteiger partial charge on any atom is 0.193 e. The number of rotatable bonds is 1. The molecule has 0 aliphatic carbocycles. The van der Waals surface area contributed by atoms with Crippen LogP contribution in [0, 0.1) is 6.92 Å². The fourth-order valence-electron chi connectivity index (χ4n) is 2.18. The average molecular weight is 251 g/mol. The van der Waals surface area contributed by atoms with E-state index in [1.165, 1.54) is 6.07 Å². The zero-order valence-electron chi connectivity index (χ0n) is 10.5. The number of fused-ring (bicyclic) bond motifs is 1. The predicted octanol–water partition coefficient (Wildman–Crippen LogP) is 3.35. The van der Waals surface area contributed by atoms with Gasteiger partial charge in [0.05, 0.1) is 11.1 Å². The highest BCUT2D eigenvalue weighted by molar-refractivity contribution is 5.88. The molecule has 2 N–H and O–H groups in total. The molecule has 0 saturated heterocycles. The molecule has 19 heavy (non-hydrogen) atoms. The van der Waals surface area contributed by atoms with Crippen LogP contribution in [0.3, 0.4) is 0 Å². The third-order valence-electron chi connectivity index (χ3n) is 3.20. The van der Waals surface area contributed by atoms with Gasteiger partial charge in [-0.2, -0.15) is 0 Å². The van der Waals surface area contributed by atoms with Crippen LogP contribution in [0.2, 0.25) is 0 Å². The summed E-state index contributed by atoms with van der Waals surface area (Å²) in [6.07, 6.45) is 0. The second-order valence-corrected chi connectivity index (χ2v) is 4.51. The van der Waals surface area contributed by atoms with E-state index in [4.69, 9.17) is 10.2 Å². The Morgan fingerprint density at radius 2 is 1.84 bits per heavy atom. The summed E-state index contributed by atoms with van der Waals surface area (Å²) >= 11 is 0. The van der Waals surface area contributed by atoms with Crippen molar-refractivity contribution in [2.75, 3.05) is 5.73 Å². The Balaban J connectivity index is 2.36. The monoisotopic (exact) mass is 251 g/mol. The summed E-state index contributed by atoms with van der Waals surface area (Å²) in [6.45, 7) is 1.98. The Morgan fingerprint density at radius 1 is 1.05 bits per heavy atom. The molecule has 2 aromatic carbocycles. The first kappa shape index (κ1) is 11.5. The number of benzene rings is 2. The number of nitrogens with two attached hydrogens (primary N) is 1. The maximum absolute atomic E-state index is 12.1. The molecule has 1 heterocycles. The van der Waals surface area contributed by atoms with Crippen LogP contribution in [-0.2, 0) is 0 Å². The Bertz CT molecular complexity index is 818. The predicted molar refractivity (Wildman–Crippen MR) is 77.1 cm³/mol. The first-order chi connectivity index (χ1) is 9.16. The first-order valence-electron chi connectivity index (χ1n) is 6.05. The Labute approximate surface area is 110 Å². The largest absolute Gasteiger partial charge is 0.454 e. The van der Waals surface area contributed by atoms with E-state index in [9.17, 15) is 4.79 Å². The fourth-order valence-corrected chi connectivity index (χ4v) is 2.18. The van der Waals surface area contributed by atoms with E-state index in [1.54, 1.807) is 18.2 Å². The van der Waals surface area contributed by atoms with Crippen LogP contribution in [-0.4, -0.2) is 0 Å². The van der Waals surface area contributed by atoms with E-state index in [2.05, 4.69) is 0 Å². The number of aryl methyl sites for hydroxylation is 1. The Hall–Kier alpha value is -2.55. The lowest BCUT2D eigenvalue weighted by Crippen LogP contribution is -2.02. The van der Waals surface area contributed by atoms with Gasteiger partial charge in [-0.1, -0.05) is 30.3 Å². The molecule has 0 aliphatic heterocycles. The summed E-state index contributed by atoms with van der Waals surface area (Å²) in [4.78, 5) is 12.1. The molecule has 3 rings (SSSR count). The minimum absolute atomic E-state index is 0.0770. The molecule has 0 atom stereocenters. The third kappa shape index (κ3) is 1.89. The summed E-state index contributed by atoms with van der Waals surface area (Å²) in [5.74, 6) is 0.550. The molecular formula is C16H13NO2. The van der Waals surface area contributed by atoms with E-state index in [0.717, 1.165) is 11.1 Å². The molecule has 0 bridgehead atoms. The molecule has 0 radical (unpaired) electrons. The van der Waals surface area contributed by atoms with Crippen LogP contribution in [0.5, 0.6) is 0 Å². The van der Waals surface area contributed by atoms with Gasteiger partial charge >= 0.3 is 0 Å². The van der Waals surface area contributed by atoms with Crippen LogP contribution in [0.4, 0.5) is 5.69 Å². The Kier molecular flexibility index (Phi) is 2.60. The van der Waals surface area contributed by atoms with E-state index in [1.807, 2.05) is 31.2 Å². The van der Waals surface area contributed by atoms with Gasteiger partial charge in [0.25, 0.3) is 0 Å². The molecule has 0 amide bonds. The van der Waals surface area contributed by atoms with Gasteiger partial charge in [0.1, 0.15) is 5.76 Å². The number of para-hydroxylation sites is 1. The minimum atomic E-state index is -0.0770. The van der Waals surface area contributed by atoms with Crippen molar-refractivity contribution in [1.29, 1.82) is 0 Å². The summed E-state index contributed by atoms with van der Waals surface area (Å²) < 4.78 is 5.82. The molecule has 0 fully saturated rings. The van der Waals surface area contributed by atoms with Crippen LogP contribution in [0.25, 0.3) is 22.3 Å². The smallest absolute Gasteiger partial charge is 0.193 e. The highest BCUT2D eigenvalue weighted by Gasteiger charge is 2.10. The van der Waals surface area contributed by atoms with Crippen LogP contribution < -0.4 is 11.2 Å². The van der Waals surface area contributed by atoms with Gasteiger partial charge in [-0.05, 0) is 24.6 Å². The summed E-state index contributed by atoms with van der Waals surface area (Å²) in [6, 6.07) is 14.5. The molecule has 0 saturated carbocycles. The minimum Gasteiger partial charge on any atom is -0.454 e. The highest BCUT2D eigenvalue weighted by Crippen LogP contribution is 2.27. The van der Waals surface area contributed by atoms with Crippen LogP contribution in [0.15, 0.2) is 57.7 Å². The molecule has 3 aromatic rings. The summed E-state index contributed by atoms with van der Waals surface area (Å²) in [5, 5.41) is 0.511. The van der Waals surface area contributed by atoms with Gasteiger partial charge in [-0.3, -0.25) is 4.79 Å². The molecule has 3 heteroatoms. The lowest BCUT2D eigenvalue weighted by Gasteiger charge is -2.07. The zero-order valence-corrected chi connectivity index (χ0v) is 10.5. The topological polar surface area (TPSA) is 56.2 Å². The van der Waals surface area contributed by atoms with Gasteiger partial charge < -0.3 is 10.2 Å². The average Bonchev–Trinajstić information content (AvgIpc) is 2.40. The number of hydrogen-bond donors (Lipinski definition) is 1. The van der Waals surface area contributed by atoms with Gasteiger partial charge in [0.15, 0.2) is 11.0 Å². The summed E-state index contributed by atoms with van der Waals surface area (Å²) in [5.41, 5.74) is 8.69. The van der Waals surface area contributed by atoms with Gasteiger partial charge in [-0.15, -0.1) is 0 Å². The van der Waals surface area contributed by atoms with Crippen molar-refractivity contribution >= 4 is 16.7 Å². The van der Waals surface area contributed by atoms with Crippen LogP contribution in [0.1, 0.15) is 5.56 Å². The van der Waals surface area contributed by atoms with E-state index < -0.39 is 0 Å². The van der Waals surface area contributed by atoms with Gasteiger partial charge in [0.2, 0.25) is 0 Å². The fraction of sp³-hybridized carbons (Fsp3) is 0.0625. The van der Waals surface area contributed by atoms with Gasteiger partial charge in [0, 0.05) is 11.6 Å². The number of hydrogen-bond acceptors (Lipinski definition) is 3. The van der Waals surface area contributed by atoms with Crippen molar-refractivity contribution in [2.45, 2.75) is 6.92 Å². The van der Waals surface area contributed by atoms with Crippen molar-refractivity contribution in [3.8, 4) is 11.3 Å². The van der Waals surface area contributed by atoms with Crippen molar-refractivity contribution in [1.82, 2.24) is 0 Å². The lowest BCUT2D eigenvalue weighted by molar-refractivity contribution is 0.620. The number of anilines is 1. The lowest BCUT2D eigenvalue weighted by atomic mass is 10.1. The quantitative estimate of drug-likeness (QED) is 0.675. The highest BCUT2D eigenvalue weighted by atomic mass is 16.3. The van der Waals surface area contributed by atoms with Crippen molar-refractivity contribution in [3.63, 3.8) is 0 Å². The van der Waals surface area contributed by atoms with Crippen LogP contribution >= 0.6 is 0 Å². The molecular weight excluding hydrogens is 238 g/mol. The second-order valence-electron chi connectivity index (χ2n) is 4.51. The molecule has 94 valence electrons. The number of nitrogen functional groups attached to an aromatic ring is 1. The molecule has 3 nitrogen and oxygen atoms in total. The molecule has 0 unspecified atom stereocenters. The Morgan fingerprint density at radius 3 is 2.63 bits per heavy atom. The summed E-state index contributed by atoms with van der Waals surface area (Å²) in [7, 11) is 0. The zero-order chi connectivity index (χ0) is 13.4. The SMILES string of the molecule is Cc1ccccc1-c1cc(=O)c2cccc(N)c2o1. The van der Waals surface area contributed by atoms with Gasteiger partial charge in [-0.25, -0.2) is 0 Å². The van der Waals surface area contributed by atoms with E-state index in [-0.39, 0.29) is 5.43 Å². The second kappa shape index (κ2) is 4.28. The van der Waals surface area contributed by atoms with Crippen molar-refractivity contribution < 1.29 is 4.42 Å². The normalized spacial score (nSPS) is 10.8. The molecule has 0 spiro atoms. The molecule has 0 aliphatic rings. The van der Waals surface area contributed by atoms with E-state index >= 15 is 0 Å². The van der Waals surface area contributed by atoms with Crippen molar-refractivity contribution in [2.24, 2.45) is 0 Å². The van der Waals surface area contributed by atoms with Crippen molar-refractivity contribution in [3.05, 3.63) is 64.3 Å². The third-order valence-corrected chi connectivity index (χ3v) is 3.20.